The van der Waals surface area contributed by atoms with Gasteiger partial charge in [-0.3, -0.25) is 4.90 Å². The third-order valence-electron chi connectivity index (χ3n) is 4.41. The van der Waals surface area contributed by atoms with Crippen LogP contribution in [0.4, 0.5) is 10.1 Å². The second kappa shape index (κ2) is 5.10. The SMILES string of the molecule is C[C@H](N)c1cc(F)ccc1N1CCN2CCCC2C1. The van der Waals surface area contributed by atoms with E-state index in [2.05, 4.69) is 9.80 Å². The largest absolute Gasteiger partial charge is 0.368 e. The number of anilines is 1. The first-order valence-electron chi connectivity index (χ1n) is 7.19. The fourth-order valence-corrected chi connectivity index (χ4v) is 3.39. The first kappa shape index (κ1) is 12.9. The van der Waals surface area contributed by atoms with Crippen molar-refractivity contribution in [1.29, 1.82) is 0 Å². The van der Waals surface area contributed by atoms with Crippen LogP contribution in [0.2, 0.25) is 0 Å². The lowest BCUT2D eigenvalue weighted by atomic mass is 10.0. The third-order valence-corrected chi connectivity index (χ3v) is 4.41. The van der Waals surface area contributed by atoms with Crippen LogP contribution in [0, 0.1) is 5.82 Å². The van der Waals surface area contributed by atoms with Crippen LogP contribution < -0.4 is 10.6 Å². The Hall–Kier alpha value is -1.13. The second-order valence-corrected chi connectivity index (χ2v) is 5.77. The molecule has 1 unspecified atom stereocenters. The summed E-state index contributed by atoms with van der Waals surface area (Å²) in [7, 11) is 0. The molecule has 0 amide bonds. The molecule has 0 radical (unpaired) electrons. The van der Waals surface area contributed by atoms with E-state index in [0.29, 0.717) is 6.04 Å². The van der Waals surface area contributed by atoms with Crippen LogP contribution in [-0.4, -0.2) is 37.1 Å². The Labute approximate surface area is 114 Å². The van der Waals surface area contributed by atoms with Gasteiger partial charge in [0.15, 0.2) is 0 Å². The van der Waals surface area contributed by atoms with Crippen molar-refractivity contribution in [3.05, 3.63) is 29.6 Å². The molecule has 2 aliphatic heterocycles. The van der Waals surface area contributed by atoms with Gasteiger partial charge in [-0.15, -0.1) is 0 Å². The molecule has 19 heavy (non-hydrogen) atoms. The van der Waals surface area contributed by atoms with Crippen molar-refractivity contribution in [3.63, 3.8) is 0 Å². The molecule has 104 valence electrons. The van der Waals surface area contributed by atoms with Crippen LogP contribution in [0.25, 0.3) is 0 Å². The predicted molar refractivity (Wildman–Crippen MR) is 75.8 cm³/mol. The van der Waals surface area contributed by atoms with Crippen LogP contribution in [0.1, 0.15) is 31.4 Å². The Bertz CT molecular complexity index is 461. The van der Waals surface area contributed by atoms with E-state index in [1.54, 1.807) is 12.1 Å². The number of piperazine rings is 1. The molecule has 2 fully saturated rings. The Kier molecular flexibility index (Phi) is 3.46. The summed E-state index contributed by atoms with van der Waals surface area (Å²) in [5.41, 5.74) is 8.03. The van der Waals surface area contributed by atoms with Gasteiger partial charge in [0.1, 0.15) is 5.82 Å². The molecule has 4 heteroatoms. The summed E-state index contributed by atoms with van der Waals surface area (Å²) < 4.78 is 13.4. The van der Waals surface area contributed by atoms with E-state index in [9.17, 15) is 4.39 Å². The molecular formula is C15H22FN3. The highest BCUT2D eigenvalue weighted by Gasteiger charge is 2.31. The van der Waals surface area contributed by atoms with Crippen molar-refractivity contribution < 1.29 is 4.39 Å². The number of fused-ring (bicyclic) bond motifs is 1. The maximum absolute atomic E-state index is 13.4. The maximum atomic E-state index is 13.4. The lowest BCUT2D eigenvalue weighted by Gasteiger charge is -2.40. The standard InChI is InChI=1S/C15H22FN3/c1-11(17)14-9-12(16)4-5-15(14)19-8-7-18-6-2-3-13(18)10-19/h4-5,9,11,13H,2-3,6-8,10,17H2,1H3/t11-,13?/m0/s1. The molecule has 0 aliphatic carbocycles. The summed E-state index contributed by atoms with van der Waals surface area (Å²) in [6.07, 6.45) is 2.59. The van der Waals surface area contributed by atoms with Gasteiger partial charge in [0.25, 0.3) is 0 Å². The molecule has 0 aromatic heterocycles. The van der Waals surface area contributed by atoms with Gasteiger partial charge in [-0.25, -0.2) is 4.39 Å². The van der Waals surface area contributed by atoms with Crippen molar-refractivity contribution in [3.8, 4) is 0 Å². The Morgan fingerprint density at radius 3 is 2.95 bits per heavy atom. The minimum absolute atomic E-state index is 0.132. The van der Waals surface area contributed by atoms with E-state index in [4.69, 9.17) is 5.73 Å². The van der Waals surface area contributed by atoms with Gasteiger partial charge in [-0.05, 0) is 50.1 Å². The molecule has 0 spiro atoms. The summed E-state index contributed by atoms with van der Waals surface area (Å²) in [6, 6.07) is 5.55. The summed E-state index contributed by atoms with van der Waals surface area (Å²) in [6.45, 7) is 6.33. The number of hydrogen-bond donors (Lipinski definition) is 1. The molecule has 3 rings (SSSR count). The van der Waals surface area contributed by atoms with Gasteiger partial charge in [0, 0.05) is 37.4 Å². The average Bonchev–Trinajstić information content (AvgIpc) is 2.85. The van der Waals surface area contributed by atoms with Gasteiger partial charge < -0.3 is 10.6 Å². The second-order valence-electron chi connectivity index (χ2n) is 5.77. The van der Waals surface area contributed by atoms with E-state index >= 15 is 0 Å². The first-order chi connectivity index (χ1) is 9.15. The van der Waals surface area contributed by atoms with E-state index in [-0.39, 0.29) is 11.9 Å². The number of benzene rings is 1. The molecule has 0 bridgehead atoms. The van der Waals surface area contributed by atoms with Crippen molar-refractivity contribution >= 4 is 5.69 Å². The zero-order valence-corrected chi connectivity index (χ0v) is 11.5. The van der Waals surface area contributed by atoms with E-state index in [1.807, 2.05) is 13.0 Å². The van der Waals surface area contributed by atoms with E-state index in [1.165, 1.54) is 19.4 Å². The lowest BCUT2D eigenvalue weighted by Crippen LogP contribution is -2.50. The molecule has 2 heterocycles. The summed E-state index contributed by atoms with van der Waals surface area (Å²) in [4.78, 5) is 4.95. The molecule has 0 saturated carbocycles. The molecular weight excluding hydrogens is 241 g/mol. The number of hydrogen-bond acceptors (Lipinski definition) is 3. The van der Waals surface area contributed by atoms with Crippen molar-refractivity contribution in [2.45, 2.75) is 31.8 Å². The highest BCUT2D eigenvalue weighted by Crippen LogP contribution is 2.30. The average molecular weight is 263 g/mol. The van der Waals surface area contributed by atoms with Crippen LogP contribution in [0.5, 0.6) is 0 Å². The Balaban J connectivity index is 1.85. The lowest BCUT2D eigenvalue weighted by molar-refractivity contribution is 0.230. The number of nitrogens with two attached hydrogens (primary N) is 1. The van der Waals surface area contributed by atoms with E-state index < -0.39 is 0 Å². The van der Waals surface area contributed by atoms with Crippen LogP contribution in [0.15, 0.2) is 18.2 Å². The quantitative estimate of drug-likeness (QED) is 0.887. The first-order valence-corrected chi connectivity index (χ1v) is 7.19. The Morgan fingerprint density at radius 1 is 1.32 bits per heavy atom. The molecule has 2 aliphatic rings. The topological polar surface area (TPSA) is 32.5 Å². The number of nitrogens with zero attached hydrogens (tertiary/aromatic N) is 2. The predicted octanol–water partition coefficient (Wildman–Crippen LogP) is 2.13. The summed E-state index contributed by atoms with van der Waals surface area (Å²) >= 11 is 0. The van der Waals surface area contributed by atoms with Gasteiger partial charge >= 0.3 is 0 Å². The molecule has 1 aromatic rings. The van der Waals surface area contributed by atoms with Gasteiger partial charge in [0.05, 0.1) is 0 Å². The molecule has 2 atom stereocenters. The molecule has 2 saturated heterocycles. The summed E-state index contributed by atoms with van der Waals surface area (Å²) in [5.74, 6) is -0.199. The fourth-order valence-electron chi connectivity index (χ4n) is 3.39. The smallest absolute Gasteiger partial charge is 0.123 e. The van der Waals surface area contributed by atoms with Crippen molar-refractivity contribution in [2.24, 2.45) is 5.73 Å². The van der Waals surface area contributed by atoms with Crippen LogP contribution in [-0.2, 0) is 0 Å². The van der Waals surface area contributed by atoms with Crippen LogP contribution in [0.3, 0.4) is 0 Å². The fraction of sp³-hybridized carbons (Fsp3) is 0.600. The summed E-state index contributed by atoms with van der Waals surface area (Å²) in [5, 5.41) is 0. The maximum Gasteiger partial charge on any atom is 0.123 e. The zero-order chi connectivity index (χ0) is 13.4. The molecule has 2 N–H and O–H groups in total. The monoisotopic (exact) mass is 263 g/mol. The highest BCUT2D eigenvalue weighted by atomic mass is 19.1. The highest BCUT2D eigenvalue weighted by molar-refractivity contribution is 5.55. The van der Waals surface area contributed by atoms with Crippen LogP contribution >= 0.6 is 0 Å². The third kappa shape index (κ3) is 2.47. The van der Waals surface area contributed by atoms with E-state index in [0.717, 1.165) is 30.9 Å². The van der Waals surface area contributed by atoms with Gasteiger partial charge in [-0.2, -0.15) is 0 Å². The minimum atomic E-state index is -0.199. The molecule has 3 nitrogen and oxygen atoms in total. The Morgan fingerprint density at radius 2 is 2.16 bits per heavy atom. The molecule has 1 aromatic carbocycles. The number of rotatable bonds is 2. The zero-order valence-electron chi connectivity index (χ0n) is 11.5. The van der Waals surface area contributed by atoms with Gasteiger partial charge in [-0.1, -0.05) is 0 Å². The minimum Gasteiger partial charge on any atom is -0.368 e. The van der Waals surface area contributed by atoms with Crippen molar-refractivity contribution in [1.82, 2.24) is 4.90 Å². The van der Waals surface area contributed by atoms with Crippen molar-refractivity contribution in [2.75, 3.05) is 31.1 Å². The van der Waals surface area contributed by atoms with Gasteiger partial charge in [0.2, 0.25) is 0 Å². The number of halogens is 1. The normalized spacial score (nSPS) is 25.4.